The van der Waals surface area contributed by atoms with Gasteiger partial charge in [0.2, 0.25) is 11.8 Å². The molecule has 184 valence electrons. The molecule has 0 spiro atoms. The van der Waals surface area contributed by atoms with E-state index in [9.17, 15) is 9.59 Å². The van der Waals surface area contributed by atoms with E-state index < -0.39 is 0 Å². The van der Waals surface area contributed by atoms with Crippen LogP contribution in [0.3, 0.4) is 0 Å². The maximum Gasteiger partial charge on any atom is 0.242 e. The predicted octanol–water partition coefficient (Wildman–Crippen LogP) is 4.47. The van der Waals surface area contributed by atoms with Gasteiger partial charge in [-0.2, -0.15) is 0 Å². The van der Waals surface area contributed by atoms with Crippen molar-refractivity contribution in [1.82, 2.24) is 14.4 Å². The third-order valence-corrected chi connectivity index (χ3v) is 7.45. The second-order valence-corrected chi connectivity index (χ2v) is 9.81. The number of ether oxygens (including phenoxy) is 1. The summed E-state index contributed by atoms with van der Waals surface area (Å²) in [7, 11) is 1.66. The van der Waals surface area contributed by atoms with Crippen LogP contribution in [0.4, 0.5) is 0 Å². The van der Waals surface area contributed by atoms with Gasteiger partial charge in [-0.25, -0.2) is 0 Å². The van der Waals surface area contributed by atoms with Crippen LogP contribution in [0.1, 0.15) is 62.6 Å². The fraction of sp³-hybridized carbons (Fsp3) is 0.571. The molecule has 1 aromatic heterocycles. The molecule has 2 saturated carbocycles. The average Bonchev–Trinajstić information content (AvgIpc) is 3.26. The molecule has 0 saturated heterocycles. The molecule has 0 atom stereocenters. The van der Waals surface area contributed by atoms with E-state index in [0.29, 0.717) is 19.7 Å². The van der Waals surface area contributed by atoms with Crippen molar-refractivity contribution < 1.29 is 14.3 Å². The Kier molecular flexibility index (Phi) is 8.80. The van der Waals surface area contributed by atoms with E-state index >= 15 is 0 Å². The van der Waals surface area contributed by atoms with Crippen molar-refractivity contribution in [3.8, 4) is 0 Å². The van der Waals surface area contributed by atoms with E-state index in [-0.39, 0.29) is 30.3 Å². The number of carbonyl (C=O) groups is 2. The summed E-state index contributed by atoms with van der Waals surface area (Å²) in [5.74, 6) is 0.332. The van der Waals surface area contributed by atoms with Crippen molar-refractivity contribution in [2.24, 2.45) is 5.92 Å². The molecule has 4 rings (SSSR count). The maximum absolute atomic E-state index is 13.6. The molecule has 34 heavy (non-hydrogen) atoms. The zero-order valence-electron chi connectivity index (χ0n) is 20.5. The lowest BCUT2D eigenvalue weighted by Crippen LogP contribution is -2.51. The second kappa shape index (κ2) is 12.2. The number of aromatic nitrogens is 1. The minimum Gasteiger partial charge on any atom is -0.383 e. The first-order valence-corrected chi connectivity index (χ1v) is 12.9. The largest absolute Gasteiger partial charge is 0.383 e. The number of carbonyl (C=O) groups excluding carboxylic acids is 2. The highest BCUT2D eigenvalue weighted by atomic mass is 16.5. The van der Waals surface area contributed by atoms with Gasteiger partial charge in [-0.05, 0) is 43.4 Å². The SMILES string of the molecule is COCCN(Cc1cccn1Cc1ccccc1)C(=O)CN(C(=O)C1CCC1)C1CCCCC1. The van der Waals surface area contributed by atoms with Gasteiger partial charge in [0.25, 0.3) is 0 Å². The normalized spacial score (nSPS) is 16.7. The topological polar surface area (TPSA) is 54.8 Å². The molecule has 0 N–H and O–H groups in total. The number of hydrogen-bond acceptors (Lipinski definition) is 3. The van der Waals surface area contributed by atoms with Crippen LogP contribution in [0.15, 0.2) is 48.7 Å². The third-order valence-electron chi connectivity index (χ3n) is 7.45. The van der Waals surface area contributed by atoms with Gasteiger partial charge in [-0.3, -0.25) is 9.59 Å². The van der Waals surface area contributed by atoms with Gasteiger partial charge in [-0.1, -0.05) is 56.0 Å². The smallest absolute Gasteiger partial charge is 0.242 e. The Morgan fingerprint density at radius 2 is 1.74 bits per heavy atom. The predicted molar refractivity (Wildman–Crippen MR) is 133 cm³/mol. The monoisotopic (exact) mass is 465 g/mol. The summed E-state index contributed by atoms with van der Waals surface area (Å²) in [6.07, 6.45) is 10.7. The number of nitrogens with zero attached hydrogens (tertiary/aromatic N) is 3. The van der Waals surface area contributed by atoms with Gasteiger partial charge in [-0.15, -0.1) is 0 Å². The molecular formula is C28H39N3O3. The summed E-state index contributed by atoms with van der Waals surface area (Å²) < 4.78 is 7.52. The lowest BCUT2D eigenvalue weighted by molar-refractivity contribution is -0.148. The van der Waals surface area contributed by atoms with Crippen molar-refractivity contribution in [3.05, 3.63) is 59.9 Å². The van der Waals surface area contributed by atoms with E-state index in [1.807, 2.05) is 34.1 Å². The molecule has 1 heterocycles. The molecule has 0 radical (unpaired) electrons. The van der Waals surface area contributed by atoms with Crippen LogP contribution in [0.5, 0.6) is 0 Å². The molecule has 2 aliphatic rings. The van der Waals surface area contributed by atoms with Crippen molar-refractivity contribution in [2.75, 3.05) is 26.8 Å². The van der Waals surface area contributed by atoms with Gasteiger partial charge < -0.3 is 19.1 Å². The van der Waals surface area contributed by atoms with Crippen molar-refractivity contribution >= 4 is 11.8 Å². The van der Waals surface area contributed by atoms with Crippen LogP contribution in [0.25, 0.3) is 0 Å². The van der Waals surface area contributed by atoms with Gasteiger partial charge in [0.1, 0.15) is 6.54 Å². The minimum atomic E-state index is 0.0164. The summed E-state index contributed by atoms with van der Waals surface area (Å²) in [5, 5.41) is 0. The first-order chi connectivity index (χ1) is 16.7. The number of rotatable bonds is 11. The Morgan fingerprint density at radius 1 is 0.971 bits per heavy atom. The number of methoxy groups -OCH3 is 1. The van der Waals surface area contributed by atoms with Crippen LogP contribution in [0, 0.1) is 5.92 Å². The van der Waals surface area contributed by atoms with Gasteiger partial charge in [0.05, 0.1) is 13.2 Å². The minimum absolute atomic E-state index is 0.0164. The lowest BCUT2D eigenvalue weighted by atomic mass is 9.83. The average molecular weight is 466 g/mol. The molecule has 2 fully saturated rings. The molecule has 0 unspecified atom stereocenters. The van der Waals surface area contributed by atoms with Crippen molar-refractivity contribution in [1.29, 1.82) is 0 Å². The maximum atomic E-state index is 13.6. The molecule has 2 aromatic rings. The molecule has 6 nitrogen and oxygen atoms in total. The summed E-state index contributed by atoms with van der Waals surface area (Å²) >= 11 is 0. The Balaban J connectivity index is 1.47. The Morgan fingerprint density at radius 3 is 2.41 bits per heavy atom. The highest BCUT2D eigenvalue weighted by Crippen LogP contribution is 2.31. The van der Waals surface area contributed by atoms with Crippen LogP contribution in [-0.4, -0.2) is 59.0 Å². The van der Waals surface area contributed by atoms with Crippen LogP contribution >= 0.6 is 0 Å². The van der Waals surface area contributed by atoms with Crippen LogP contribution in [-0.2, 0) is 27.4 Å². The van der Waals surface area contributed by atoms with Crippen LogP contribution in [0.2, 0.25) is 0 Å². The van der Waals surface area contributed by atoms with Crippen LogP contribution < -0.4 is 0 Å². The first kappa shape index (κ1) is 24.5. The zero-order valence-corrected chi connectivity index (χ0v) is 20.5. The van der Waals surface area contributed by atoms with E-state index in [4.69, 9.17) is 4.74 Å². The lowest BCUT2D eigenvalue weighted by Gasteiger charge is -2.39. The van der Waals surface area contributed by atoms with Gasteiger partial charge in [0, 0.05) is 44.0 Å². The summed E-state index contributed by atoms with van der Waals surface area (Å²) in [6.45, 7) is 2.46. The van der Waals surface area contributed by atoms with E-state index in [2.05, 4.69) is 29.0 Å². The summed E-state index contributed by atoms with van der Waals surface area (Å²) in [4.78, 5) is 30.7. The van der Waals surface area contributed by atoms with E-state index in [1.165, 1.54) is 12.0 Å². The first-order valence-electron chi connectivity index (χ1n) is 12.9. The number of amides is 2. The third kappa shape index (κ3) is 6.29. The Hall–Kier alpha value is -2.60. The zero-order chi connectivity index (χ0) is 23.8. The number of hydrogen-bond donors (Lipinski definition) is 0. The van der Waals surface area contributed by atoms with Crippen molar-refractivity contribution in [3.63, 3.8) is 0 Å². The van der Waals surface area contributed by atoms with Gasteiger partial charge >= 0.3 is 0 Å². The summed E-state index contributed by atoms with van der Waals surface area (Å²) in [5.41, 5.74) is 2.31. The van der Waals surface area contributed by atoms with Gasteiger partial charge in [0.15, 0.2) is 0 Å². The van der Waals surface area contributed by atoms with E-state index in [0.717, 1.165) is 57.2 Å². The fourth-order valence-electron chi connectivity index (χ4n) is 5.13. The van der Waals surface area contributed by atoms with E-state index in [1.54, 1.807) is 7.11 Å². The molecule has 0 aliphatic heterocycles. The summed E-state index contributed by atoms with van der Waals surface area (Å²) in [6, 6.07) is 14.7. The van der Waals surface area contributed by atoms with Crippen molar-refractivity contribution in [2.45, 2.75) is 70.5 Å². The number of benzene rings is 1. The Labute approximate surface area is 203 Å². The highest BCUT2D eigenvalue weighted by Gasteiger charge is 2.35. The standard InChI is InChI=1S/C28H39N3O3/c1-34-19-18-30(21-26-16-9-17-29(26)20-23-10-4-2-5-11-23)27(32)22-31(25-14-6-3-7-15-25)28(33)24-12-8-13-24/h2,4-5,9-11,16-17,24-25H,3,6-8,12-15,18-22H2,1H3. The molecular weight excluding hydrogens is 426 g/mol. The molecule has 2 amide bonds. The molecule has 0 bridgehead atoms. The molecule has 6 heteroatoms. The second-order valence-electron chi connectivity index (χ2n) is 9.81. The highest BCUT2D eigenvalue weighted by molar-refractivity contribution is 5.86. The Bertz CT molecular complexity index is 916. The molecule has 1 aromatic carbocycles. The quantitative estimate of drug-likeness (QED) is 0.492. The molecule has 2 aliphatic carbocycles. The fourth-order valence-corrected chi connectivity index (χ4v) is 5.13.